The molecule has 1 saturated heterocycles. The number of rotatable bonds is 4. The van der Waals surface area contributed by atoms with Crippen LogP contribution in [0.2, 0.25) is 0 Å². The van der Waals surface area contributed by atoms with Gasteiger partial charge in [0.05, 0.1) is 12.2 Å². The van der Waals surface area contributed by atoms with Crippen LogP contribution in [0.25, 0.3) is 0 Å². The van der Waals surface area contributed by atoms with Gasteiger partial charge in [0.2, 0.25) is 15.9 Å². The fourth-order valence-corrected chi connectivity index (χ4v) is 4.45. The average molecular weight is 345 g/mol. The van der Waals surface area contributed by atoms with Crippen LogP contribution in [0.3, 0.4) is 0 Å². The Morgan fingerprint density at radius 2 is 2.09 bits per heavy atom. The first-order valence-electron chi connectivity index (χ1n) is 7.24. The first-order chi connectivity index (χ1) is 10.3. The van der Waals surface area contributed by atoms with Crippen molar-refractivity contribution in [3.8, 4) is 0 Å². The SMILES string of the molecule is CNC(=O)[C@H]1CN(Cc2ccc(C)s2)CCN(S(C)(=O)=O)C1. The number of aryl methyl sites for hydroxylation is 1. The molecule has 1 aromatic heterocycles. The van der Waals surface area contributed by atoms with Crippen LogP contribution in [-0.2, 0) is 21.4 Å². The van der Waals surface area contributed by atoms with Crippen molar-refractivity contribution < 1.29 is 13.2 Å². The lowest BCUT2D eigenvalue weighted by molar-refractivity contribution is -0.125. The maximum atomic E-state index is 12.0. The summed E-state index contributed by atoms with van der Waals surface area (Å²) in [5.41, 5.74) is 0. The van der Waals surface area contributed by atoms with Gasteiger partial charge in [-0.1, -0.05) is 0 Å². The third-order valence-corrected chi connectivity index (χ3v) is 6.09. The van der Waals surface area contributed by atoms with Gasteiger partial charge in [-0.3, -0.25) is 9.69 Å². The van der Waals surface area contributed by atoms with Crippen LogP contribution in [0.1, 0.15) is 9.75 Å². The van der Waals surface area contributed by atoms with Crippen molar-refractivity contribution in [2.24, 2.45) is 5.92 Å². The first kappa shape index (κ1) is 17.4. The highest BCUT2D eigenvalue weighted by Gasteiger charge is 2.31. The van der Waals surface area contributed by atoms with Gasteiger partial charge in [0, 0.05) is 49.5 Å². The zero-order chi connectivity index (χ0) is 16.3. The highest BCUT2D eigenvalue weighted by Crippen LogP contribution is 2.20. The van der Waals surface area contributed by atoms with Gasteiger partial charge in [0.15, 0.2) is 0 Å². The standard InChI is InChI=1S/C14H23N3O3S2/c1-11-4-5-13(21-11)10-16-6-7-17(22(3,19)20)9-12(8-16)14(18)15-2/h4-5,12H,6-10H2,1-3H3,(H,15,18)/t12-/m0/s1. The van der Waals surface area contributed by atoms with Gasteiger partial charge in [0.25, 0.3) is 0 Å². The van der Waals surface area contributed by atoms with Crippen LogP contribution in [-0.4, -0.2) is 63.0 Å². The second-order valence-corrected chi connectivity index (χ2v) is 9.03. The van der Waals surface area contributed by atoms with Crippen molar-refractivity contribution in [2.75, 3.05) is 39.5 Å². The molecule has 1 aromatic rings. The molecule has 6 nitrogen and oxygen atoms in total. The molecule has 0 spiro atoms. The molecule has 0 saturated carbocycles. The molecule has 1 aliphatic rings. The average Bonchev–Trinajstić information content (AvgIpc) is 2.72. The molecule has 124 valence electrons. The molecule has 2 rings (SSSR count). The number of carbonyl (C=O) groups excluding carboxylic acids is 1. The van der Waals surface area contributed by atoms with Crippen LogP contribution in [0.15, 0.2) is 12.1 Å². The van der Waals surface area contributed by atoms with Crippen LogP contribution in [0.4, 0.5) is 0 Å². The second-order valence-electron chi connectivity index (χ2n) is 5.68. The fourth-order valence-electron chi connectivity index (χ4n) is 2.66. The molecule has 1 aliphatic heterocycles. The predicted octanol–water partition coefficient (Wildman–Crippen LogP) is 0.496. The van der Waals surface area contributed by atoms with Crippen molar-refractivity contribution in [1.82, 2.24) is 14.5 Å². The van der Waals surface area contributed by atoms with E-state index in [2.05, 4.69) is 29.3 Å². The Hall–Kier alpha value is -0.960. The van der Waals surface area contributed by atoms with E-state index in [1.807, 2.05) is 0 Å². The summed E-state index contributed by atoms with van der Waals surface area (Å²) in [6, 6.07) is 4.17. The summed E-state index contributed by atoms with van der Waals surface area (Å²) in [4.78, 5) is 16.7. The summed E-state index contributed by atoms with van der Waals surface area (Å²) in [6.45, 7) is 4.70. The minimum atomic E-state index is -3.29. The predicted molar refractivity (Wildman–Crippen MR) is 88.3 cm³/mol. The quantitative estimate of drug-likeness (QED) is 0.863. The molecule has 2 heterocycles. The third kappa shape index (κ3) is 4.52. The number of hydrogen-bond donors (Lipinski definition) is 1. The van der Waals surface area contributed by atoms with E-state index in [0.717, 1.165) is 6.54 Å². The van der Waals surface area contributed by atoms with Gasteiger partial charge >= 0.3 is 0 Å². The van der Waals surface area contributed by atoms with Gasteiger partial charge in [-0.15, -0.1) is 11.3 Å². The third-order valence-electron chi connectivity index (χ3n) is 3.83. The summed E-state index contributed by atoms with van der Waals surface area (Å²) in [7, 11) is -1.70. The van der Waals surface area contributed by atoms with E-state index in [9.17, 15) is 13.2 Å². The molecule has 0 radical (unpaired) electrons. The van der Waals surface area contributed by atoms with Gasteiger partial charge in [0.1, 0.15) is 0 Å². The molecule has 0 aliphatic carbocycles. The topological polar surface area (TPSA) is 69.7 Å². The smallest absolute Gasteiger partial charge is 0.225 e. The number of sulfonamides is 1. The van der Waals surface area contributed by atoms with Crippen LogP contribution in [0.5, 0.6) is 0 Å². The van der Waals surface area contributed by atoms with E-state index in [1.54, 1.807) is 18.4 Å². The van der Waals surface area contributed by atoms with Gasteiger partial charge < -0.3 is 5.32 Å². The van der Waals surface area contributed by atoms with E-state index in [0.29, 0.717) is 19.6 Å². The highest BCUT2D eigenvalue weighted by atomic mass is 32.2. The minimum absolute atomic E-state index is 0.108. The molecule has 22 heavy (non-hydrogen) atoms. The maximum Gasteiger partial charge on any atom is 0.225 e. The molecule has 1 atom stereocenters. The molecule has 1 amide bonds. The van der Waals surface area contributed by atoms with E-state index in [-0.39, 0.29) is 18.4 Å². The largest absolute Gasteiger partial charge is 0.359 e. The number of amides is 1. The van der Waals surface area contributed by atoms with E-state index in [4.69, 9.17) is 0 Å². The maximum absolute atomic E-state index is 12.0. The molecule has 1 N–H and O–H groups in total. The van der Waals surface area contributed by atoms with Crippen molar-refractivity contribution in [3.63, 3.8) is 0 Å². The summed E-state index contributed by atoms with van der Waals surface area (Å²) in [5, 5.41) is 2.64. The minimum Gasteiger partial charge on any atom is -0.359 e. The Morgan fingerprint density at radius 1 is 1.36 bits per heavy atom. The zero-order valence-electron chi connectivity index (χ0n) is 13.2. The Morgan fingerprint density at radius 3 is 2.64 bits per heavy atom. The Labute approximate surface area is 136 Å². The van der Waals surface area contributed by atoms with Crippen LogP contribution >= 0.6 is 11.3 Å². The lowest BCUT2D eigenvalue weighted by atomic mass is 10.1. The summed E-state index contributed by atoms with van der Waals surface area (Å²) in [5.74, 6) is -0.453. The fraction of sp³-hybridized carbons (Fsp3) is 0.643. The lowest BCUT2D eigenvalue weighted by Crippen LogP contribution is -2.41. The van der Waals surface area contributed by atoms with Crippen LogP contribution in [0, 0.1) is 12.8 Å². The van der Waals surface area contributed by atoms with E-state index < -0.39 is 10.0 Å². The van der Waals surface area contributed by atoms with Crippen molar-refractivity contribution in [2.45, 2.75) is 13.5 Å². The highest BCUT2D eigenvalue weighted by molar-refractivity contribution is 7.88. The van der Waals surface area contributed by atoms with Crippen molar-refractivity contribution in [1.29, 1.82) is 0 Å². The molecular weight excluding hydrogens is 322 g/mol. The van der Waals surface area contributed by atoms with Crippen LogP contribution < -0.4 is 5.32 Å². The zero-order valence-corrected chi connectivity index (χ0v) is 14.8. The van der Waals surface area contributed by atoms with Gasteiger partial charge in [-0.05, 0) is 19.1 Å². The number of thiophene rings is 1. The number of hydrogen-bond acceptors (Lipinski definition) is 5. The Kier molecular flexibility index (Phi) is 5.60. The first-order valence-corrected chi connectivity index (χ1v) is 9.90. The van der Waals surface area contributed by atoms with Gasteiger partial charge in [-0.25, -0.2) is 12.7 Å². The Bertz CT molecular complexity index is 627. The number of carbonyl (C=O) groups is 1. The van der Waals surface area contributed by atoms with Gasteiger partial charge in [-0.2, -0.15) is 0 Å². The summed E-state index contributed by atoms with van der Waals surface area (Å²) in [6.07, 6.45) is 1.20. The lowest BCUT2D eigenvalue weighted by Gasteiger charge is -2.22. The van der Waals surface area contributed by atoms with Crippen molar-refractivity contribution >= 4 is 27.3 Å². The molecule has 0 bridgehead atoms. The van der Waals surface area contributed by atoms with E-state index >= 15 is 0 Å². The summed E-state index contributed by atoms with van der Waals surface area (Å²) < 4.78 is 25.1. The number of nitrogens with one attached hydrogen (secondary N) is 1. The normalized spacial score (nSPS) is 21.5. The monoisotopic (exact) mass is 345 g/mol. The summed E-state index contributed by atoms with van der Waals surface area (Å²) >= 11 is 1.74. The number of nitrogens with zero attached hydrogens (tertiary/aromatic N) is 2. The molecule has 0 unspecified atom stereocenters. The van der Waals surface area contributed by atoms with E-state index in [1.165, 1.54) is 20.3 Å². The molecule has 1 fully saturated rings. The molecular formula is C14H23N3O3S2. The van der Waals surface area contributed by atoms with Crippen molar-refractivity contribution in [3.05, 3.63) is 21.9 Å². The molecule has 8 heteroatoms. The Balaban J connectivity index is 2.14. The second kappa shape index (κ2) is 7.08. The molecule has 0 aromatic carbocycles.